The summed E-state index contributed by atoms with van der Waals surface area (Å²) in [5.41, 5.74) is 8.85. The van der Waals surface area contributed by atoms with Crippen molar-refractivity contribution in [2.24, 2.45) is 5.73 Å². The molecule has 0 aliphatic carbocycles. The number of nitrogens with two attached hydrogens (primary N) is 1. The fraction of sp³-hybridized carbons (Fsp3) is 0.188. The van der Waals surface area contributed by atoms with Gasteiger partial charge in [0, 0.05) is 5.56 Å². The maximum Gasteiger partial charge on any atom is 0.127 e. The normalized spacial score (nSPS) is 10.2. The largest absolute Gasteiger partial charge is 0.457 e. The van der Waals surface area contributed by atoms with Gasteiger partial charge in [0.25, 0.3) is 0 Å². The summed E-state index contributed by atoms with van der Waals surface area (Å²) in [5.74, 6) is 1.63. The van der Waals surface area contributed by atoms with Crippen molar-refractivity contribution < 1.29 is 4.74 Å². The minimum Gasteiger partial charge on any atom is -0.457 e. The zero-order chi connectivity index (χ0) is 13.8. The maximum atomic E-state index is 5.81. The van der Waals surface area contributed by atoms with E-state index in [1.807, 2.05) is 37.3 Å². The van der Waals surface area contributed by atoms with Crippen molar-refractivity contribution in [1.82, 2.24) is 0 Å². The smallest absolute Gasteiger partial charge is 0.127 e. The fourth-order valence-electron chi connectivity index (χ4n) is 1.91. The van der Waals surface area contributed by atoms with Crippen molar-refractivity contribution in [3.05, 3.63) is 59.2 Å². The van der Waals surface area contributed by atoms with Gasteiger partial charge in [0.1, 0.15) is 16.5 Å². The SMILES string of the molecule is CCc1ccc(Oc2ccc(C(N)=S)c(C)c2)cc1. The Hall–Kier alpha value is -1.87. The third-order valence-electron chi connectivity index (χ3n) is 3.03. The molecule has 0 aromatic heterocycles. The second-order valence-corrected chi connectivity index (χ2v) is 4.88. The Labute approximate surface area is 119 Å². The van der Waals surface area contributed by atoms with Gasteiger partial charge in [-0.05, 0) is 54.8 Å². The van der Waals surface area contributed by atoms with Crippen LogP contribution in [0.2, 0.25) is 0 Å². The van der Waals surface area contributed by atoms with Crippen LogP contribution in [0.4, 0.5) is 0 Å². The van der Waals surface area contributed by atoms with Crippen LogP contribution in [0, 0.1) is 6.92 Å². The number of hydrogen-bond donors (Lipinski definition) is 1. The molecule has 0 aliphatic rings. The lowest BCUT2D eigenvalue weighted by Gasteiger charge is -2.09. The second-order valence-electron chi connectivity index (χ2n) is 4.44. The van der Waals surface area contributed by atoms with Crippen molar-refractivity contribution in [3.8, 4) is 11.5 Å². The maximum absolute atomic E-state index is 5.81. The lowest BCUT2D eigenvalue weighted by Crippen LogP contribution is -2.10. The Balaban J connectivity index is 2.18. The molecule has 0 aliphatic heterocycles. The predicted molar refractivity (Wildman–Crippen MR) is 83.0 cm³/mol. The van der Waals surface area contributed by atoms with Gasteiger partial charge in [-0.15, -0.1) is 0 Å². The summed E-state index contributed by atoms with van der Waals surface area (Å²) in [6.07, 6.45) is 1.03. The van der Waals surface area contributed by atoms with E-state index in [0.29, 0.717) is 4.99 Å². The van der Waals surface area contributed by atoms with Crippen LogP contribution in [0.15, 0.2) is 42.5 Å². The van der Waals surface area contributed by atoms with E-state index in [2.05, 4.69) is 19.1 Å². The van der Waals surface area contributed by atoms with Crippen molar-refractivity contribution >= 4 is 17.2 Å². The molecular weight excluding hydrogens is 254 g/mol. The summed E-state index contributed by atoms with van der Waals surface area (Å²) < 4.78 is 5.81. The molecule has 98 valence electrons. The Morgan fingerprint density at radius 2 is 1.74 bits per heavy atom. The van der Waals surface area contributed by atoms with Crippen LogP contribution < -0.4 is 10.5 Å². The van der Waals surface area contributed by atoms with Crippen LogP contribution >= 0.6 is 12.2 Å². The van der Waals surface area contributed by atoms with E-state index in [0.717, 1.165) is 29.0 Å². The average Bonchev–Trinajstić information content (AvgIpc) is 2.39. The Bertz CT molecular complexity index is 590. The van der Waals surface area contributed by atoms with Gasteiger partial charge in [-0.3, -0.25) is 0 Å². The van der Waals surface area contributed by atoms with Crippen LogP contribution in [0.1, 0.15) is 23.6 Å². The molecule has 0 bridgehead atoms. The van der Waals surface area contributed by atoms with E-state index in [1.165, 1.54) is 5.56 Å². The van der Waals surface area contributed by atoms with Gasteiger partial charge in [-0.2, -0.15) is 0 Å². The van der Waals surface area contributed by atoms with Crippen LogP contribution in [-0.2, 0) is 6.42 Å². The van der Waals surface area contributed by atoms with Gasteiger partial charge in [-0.1, -0.05) is 31.3 Å². The summed E-state index contributed by atoms with van der Waals surface area (Å²) in [5, 5.41) is 0. The molecule has 2 nitrogen and oxygen atoms in total. The topological polar surface area (TPSA) is 35.2 Å². The summed E-state index contributed by atoms with van der Waals surface area (Å²) in [6, 6.07) is 13.8. The fourth-order valence-corrected chi connectivity index (χ4v) is 2.13. The molecule has 2 N–H and O–H groups in total. The van der Waals surface area contributed by atoms with E-state index in [4.69, 9.17) is 22.7 Å². The third kappa shape index (κ3) is 3.32. The van der Waals surface area contributed by atoms with Gasteiger partial charge in [0.15, 0.2) is 0 Å². The lowest BCUT2D eigenvalue weighted by molar-refractivity contribution is 0.482. The van der Waals surface area contributed by atoms with E-state index in [9.17, 15) is 0 Å². The van der Waals surface area contributed by atoms with E-state index in [-0.39, 0.29) is 0 Å². The number of rotatable bonds is 4. The molecule has 19 heavy (non-hydrogen) atoms. The highest BCUT2D eigenvalue weighted by molar-refractivity contribution is 7.80. The van der Waals surface area contributed by atoms with Crippen LogP contribution in [0.25, 0.3) is 0 Å². The molecule has 0 atom stereocenters. The quantitative estimate of drug-likeness (QED) is 0.854. The first-order valence-electron chi connectivity index (χ1n) is 6.27. The summed E-state index contributed by atoms with van der Waals surface area (Å²) in [6.45, 7) is 4.11. The van der Waals surface area contributed by atoms with Crippen molar-refractivity contribution in [1.29, 1.82) is 0 Å². The molecule has 0 saturated carbocycles. The molecule has 0 fully saturated rings. The van der Waals surface area contributed by atoms with Crippen LogP contribution in [-0.4, -0.2) is 4.99 Å². The van der Waals surface area contributed by atoms with Crippen LogP contribution in [0.5, 0.6) is 11.5 Å². The molecule has 0 unspecified atom stereocenters. The first-order valence-corrected chi connectivity index (χ1v) is 6.68. The number of hydrogen-bond acceptors (Lipinski definition) is 2. The van der Waals surface area contributed by atoms with E-state index in [1.54, 1.807) is 0 Å². The van der Waals surface area contributed by atoms with Crippen LogP contribution in [0.3, 0.4) is 0 Å². The summed E-state index contributed by atoms with van der Waals surface area (Å²) >= 11 is 4.99. The van der Waals surface area contributed by atoms with Gasteiger partial charge in [-0.25, -0.2) is 0 Å². The predicted octanol–water partition coefficient (Wildman–Crippen LogP) is 3.98. The first kappa shape index (κ1) is 13.6. The standard InChI is InChI=1S/C16H17NOS/c1-3-12-4-6-13(7-5-12)18-14-8-9-15(16(17)19)11(2)10-14/h4-10H,3H2,1-2H3,(H2,17,19). The Kier molecular flexibility index (Phi) is 4.17. The zero-order valence-electron chi connectivity index (χ0n) is 11.1. The molecule has 0 heterocycles. The molecule has 0 saturated heterocycles. The number of benzene rings is 2. The second kappa shape index (κ2) is 5.85. The van der Waals surface area contributed by atoms with E-state index >= 15 is 0 Å². The van der Waals surface area contributed by atoms with Gasteiger partial charge in [0.05, 0.1) is 0 Å². The molecule has 2 aromatic rings. The van der Waals surface area contributed by atoms with Gasteiger partial charge >= 0.3 is 0 Å². The third-order valence-corrected chi connectivity index (χ3v) is 3.25. The molecule has 0 spiro atoms. The van der Waals surface area contributed by atoms with Gasteiger partial charge < -0.3 is 10.5 Å². The summed E-state index contributed by atoms with van der Waals surface area (Å²) in [4.78, 5) is 0.413. The number of ether oxygens (including phenoxy) is 1. The molecule has 2 rings (SSSR count). The zero-order valence-corrected chi connectivity index (χ0v) is 12.0. The molecule has 2 aromatic carbocycles. The average molecular weight is 271 g/mol. The van der Waals surface area contributed by atoms with Crippen molar-refractivity contribution in [3.63, 3.8) is 0 Å². The Morgan fingerprint density at radius 1 is 1.11 bits per heavy atom. The Morgan fingerprint density at radius 3 is 2.26 bits per heavy atom. The highest BCUT2D eigenvalue weighted by Crippen LogP contribution is 2.24. The van der Waals surface area contributed by atoms with Crippen molar-refractivity contribution in [2.45, 2.75) is 20.3 Å². The van der Waals surface area contributed by atoms with Crippen molar-refractivity contribution in [2.75, 3.05) is 0 Å². The minimum atomic E-state index is 0.413. The molecule has 0 amide bonds. The monoisotopic (exact) mass is 271 g/mol. The number of aryl methyl sites for hydroxylation is 2. The first-order chi connectivity index (χ1) is 9.10. The number of thiocarbonyl (C=S) groups is 1. The highest BCUT2D eigenvalue weighted by atomic mass is 32.1. The highest BCUT2D eigenvalue weighted by Gasteiger charge is 2.04. The molecular formula is C16H17NOS. The minimum absolute atomic E-state index is 0.413. The lowest BCUT2D eigenvalue weighted by atomic mass is 10.1. The molecule has 3 heteroatoms. The van der Waals surface area contributed by atoms with Gasteiger partial charge in [0.2, 0.25) is 0 Å². The van der Waals surface area contributed by atoms with E-state index < -0.39 is 0 Å². The summed E-state index contributed by atoms with van der Waals surface area (Å²) in [7, 11) is 0. The molecule has 0 radical (unpaired) electrons.